The maximum atomic E-state index is 14.4. The van der Waals surface area contributed by atoms with E-state index in [-0.39, 0.29) is 39.4 Å². The Bertz CT molecular complexity index is 1680. The first-order valence-electron chi connectivity index (χ1n) is 13.0. The maximum absolute atomic E-state index is 14.4. The number of ether oxygens (including phenoxy) is 1. The Labute approximate surface area is 227 Å². The molecule has 9 rings (SSSR count). The molecule has 0 spiro atoms. The summed E-state index contributed by atoms with van der Waals surface area (Å²) in [5.41, 5.74) is -2.69. The zero-order chi connectivity index (χ0) is 28.8. The molecule has 6 aliphatic carbocycles. The number of rotatable bonds is 7. The van der Waals surface area contributed by atoms with E-state index in [0.717, 1.165) is 22.8 Å². The minimum Gasteiger partial charge on any atom is -0.469 e. The molecule has 0 radical (unpaired) electrons. The van der Waals surface area contributed by atoms with Gasteiger partial charge < -0.3 is 15.4 Å². The molecular weight excluding hydrogens is 553 g/mol. The van der Waals surface area contributed by atoms with Crippen LogP contribution in [0.3, 0.4) is 0 Å². The molecule has 212 valence electrons. The van der Waals surface area contributed by atoms with Crippen molar-refractivity contribution in [2.24, 2.45) is 46.3 Å². The second-order valence-corrected chi connectivity index (χ2v) is 11.6. The highest BCUT2D eigenvalue weighted by atomic mass is 19.4. The van der Waals surface area contributed by atoms with Gasteiger partial charge in [-0.05, 0) is 58.6 Å². The Kier molecular flexibility index (Phi) is 4.45. The van der Waals surface area contributed by atoms with Crippen LogP contribution in [0.1, 0.15) is 32.1 Å². The van der Waals surface area contributed by atoms with Gasteiger partial charge in [0.1, 0.15) is 17.2 Å². The van der Waals surface area contributed by atoms with E-state index < -0.39 is 41.7 Å². The number of nitrogens with zero attached hydrogens (tertiary/aromatic N) is 3. The van der Waals surface area contributed by atoms with Gasteiger partial charge in [0.15, 0.2) is 11.5 Å². The fourth-order valence-electron chi connectivity index (χ4n) is 9.40. The van der Waals surface area contributed by atoms with E-state index in [2.05, 4.69) is 20.7 Å². The molecule has 9 nitrogen and oxygen atoms in total. The van der Waals surface area contributed by atoms with Crippen LogP contribution in [0.5, 0.6) is 0 Å². The van der Waals surface area contributed by atoms with Crippen molar-refractivity contribution in [2.75, 3.05) is 13.7 Å². The number of methoxy groups -OCH3 is 1. The van der Waals surface area contributed by atoms with E-state index in [1.54, 1.807) is 0 Å². The van der Waals surface area contributed by atoms with Crippen LogP contribution in [0, 0.1) is 58.0 Å². The number of amides is 2. The predicted molar refractivity (Wildman–Crippen MR) is 126 cm³/mol. The number of fused-ring (bicyclic) bond motifs is 1. The van der Waals surface area contributed by atoms with Gasteiger partial charge in [0.25, 0.3) is 11.8 Å². The highest BCUT2D eigenvalue weighted by Gasteiger charge is 3.11. The SMILES string of the molecule is COC(=O)C12C3C4C1C1C2C3C41CNC(=O)c1cc(C(=O)NCc2ccc(F)c(C(F)(F)F)c2)nc2c(F)cnn12. The van der Waals surface area contributed by atoms with Crippen molar-refractivity contribution < 1.29 is 41.1 Å². The number of nitrogens with one attached hydrogen (secondary N) is 2. The monoisotopic (exact) mass is 573 g/mol. The molecule has 6 fully saturated rings. The van der Waals surface area contributed by atoms with E-state index in [1.807, 2.05) is 0 Å². The first kappa shape index (κ1) is 24.7. The van der Waals surface area contributed by atoms with Crippen molar-refractivity contribution in [1.82, 2.24) is 25.2 Å². The summed E-state index contributed by atoms with van der Waals surface area (Å²) in [6.07, 6.45) is -4.06. The van der Waals surface area contributed by atoms with Crippen LogP contribution in [0.2, 0.25) is 0 Å². The molecule has 0 atom stereocenters. The summed E-state index contributed by atoms with van der Waals surface area (Å²) in [5.74, 6) is -1.81. The third-order valence-electron chi connectivity index (χ3n) is 10.6. The molecule has 2 N–H and O–H groups in total. The number of alkyl halides is 3. The van der Waals surface area contributed by atoms with Gasteiger partial charge in [0.2, 0.25) is 0 Å². The summed E-state index contributed by atoms with van der Waals surface area (Å²) >= 11 is 0. The summed E-state index contributed by atoms with van der Waals surface area (Å²) in [6.45, 7) is -0.0185. The average Bonchev–Trinajstić information content (AvgIpc) is 3.34. The standard InChI is InChI=1S/C27H20F5N5O4/c1-41-24(40)26-18-15-19(26)17-20(26)16(18)25(15,17)8-34-23(39)14-5-13(36-21-12(29)7-35-37(14)21)22(38)33-6-9-2-3-11(28)10(4-9)27(30,31)32/h2-5,7,15-20H,6,8H2,1H3,(H,33,38)(H,34,39). The van der Waals surface area contributed by atoms with Crippen molar-refractivity contribution in [3.63, 3.8) is 0 Å². The van der Waals surface area contributed by atoms with Crippen molar-refractivity contribution in [2.45, 2.75) is 12.7 Å². The van der Waals surface area contributed by atoms with Gasteiger partial charge in [-0.3, -0.25) is 14.4 Å². The number of benzene rings is 1. The van der Waals surface area contributed by atoms with Crippen molar-refractivity contribution >= 4 is 23.4 Å². The zero-order valence-corrected chi connectivity index (χ0v) is 21.1. The molecule has 1 aromatic carbocycles. The first-order valence-corrected chi connectivity index (χ1v) is 13.0. The molecule has 2 amide bonds. The number of aromatic nitrogens is 3. The van der Waals surface area contributed by atoms with E-state index in [0.29, 0.717) is 54.2 Å². The fraction of sp³-hybridized carbons (Fsp3) is 0.444. The highest BCUT2D eigenvalue weighted by molar-refractivity contribution is 5.98. The molecule has 41 heavy (non-hydrogen) atoms. The van der Waals surface area contributed by atoms with E-state index in [9.17, 15) is 36.3 Å². The summed E-state index contributed by atoms with van der Waals surface area (Å²) < 4.78 is 73.1. The number of halogens is 5. The minimum absolute atomic E-state index is 0.0240. The lowest BCUT2D eigenvalue weighted by molar-refractivity contribution is -0.641. The molecule has 0 bridgehead atoms. The van der Waals surface area contributed by atoms with Gasteiger partial charge >= 0.3 is 12.1 Å². The zero-order valence-electron chi connectivity index (χ0n) is 21.1. The maximum Gasteiger partial charge on any atom is 0.419 e. The second-order valence-electron chi connectivity index (χ2n) is 11.6. The summed E-state index contributed by atoms with van der Waals surface area (Å²) in [6, 6.07) is 3.45. The van der Waals surface area contributed by atoms with E-state index >= 15 is 0 Å². The van der Waals surface area contributed by atoms with Gasteiger partial charge in [-0.2, -0.15) is 18.3 Å². The Hall–Kier alpha value is -4.10. The molecule has 2 aromatic heterocycles. The average molecular weight is 573 g/mol. The fourth-order valence-corrected chi connectivity index (χ4v) is 9.40. The molecule has 0 saturated heterocycles. The van der Waals surface area contributed by atoms with E-state index in [4.69, 9.17) is 4.74 Å². The summed E-state index contributed by atoms with van der Waals surface area (Å²) in [4.78, 5) is 42.4. The van der Waals surface area contributed by atoms with Gasteiger partial charge in [-0.15, -0.1) is 0 Å². The lowest BCUT2D eigenvalue weighted by atomic mass is 8.92. The third-order valence-corrected chi connectivity index (χ3v) is 10.6. The number of carbonyl (C=O) groups is 3. The summed E-state index contributed by atoms with van der Waals surface area (Å²) in [5, 5.41) is 9.14. The molecule has 0 unspecified atom stereocenters. The lowest BCUT2D eigenvalue weighted by Gasteiger charge is -3.10. The molecule has 6 aliphatic rings. The van der Waals surface area contributed by atoms with Crippen LogP contribution < -0.4 is 10.6 Å². The van der Waals surface area contributed by atoms with Gasteiger partial charge in [0.05, 0.1) is 24.3 Å². The number of hydrogen-bond donors (Lipinski definition) is 2. The highest BCUT2D eigenvalue weighted by Crippen LogP contribution is 3.10. The normalized spacial score (nSPS) is 34.3. The number of esters is 1. The van der Waals surface area contributed by atoms with Crippen LogP contribution in [-0.4, -0.2) is 46.0 Å². The lowest BCUT2D eigenvalue weighted by Crippen LogP contribution is -3.11. The van der Waals surface area contributed by atoms with Crippen LogP contribution in [0.15, 0.2) is 30.5 Å². The minimum atomic E-state index is -4.91. The molecular formula is C27H20F5N5O4. The Morgan fingerprint density at radius 1 is 0.976 bits per heavy atom. The van der Waals surface area contributed by atoms with E-state index in [1.165, 1.54) is 7.11 Å². The van der Waals surface area contributed by atoms with Crippen LogP contribution in [-0.2, 0) is 22.3 Å². The second kappa shape index (κ2) is 7.39. The number of hydrogen-bond acceptors (Lipinski definition) is 6. The Morgan fingerprint density at radius 3 is 2.29 bits per heavy atom. The largest absolute Gasteiger partial charge is 0.469 e. The van der Waals surface area contributed by atoms with Gasteiger partial charge in [-0.1, -0.05) is 6.07 Å². The molecule has 14 heteroatoms. The smallest absolute Gasteiger partial charge is 0.419 e. The number of carbonyl (C=O) groups excluding carboxylic acids is 3. The van der Waals surface area contributed by atoms with Crippen LogP contribution in [0.25, 0.3) is 5.65 Å². The molecule has 2 heterocycles. The molecule has 0 aliphatic heterocycles. The molecule has 3 aromatic rings. The van der Waals surface area contributed by atoms with Gasteiger partial charge in [-0.25, -0.2) is 18.3 Å². The summed E-state index contributed by atoms with van der Waals surface area (Å²) in [7, 11) is 1.41. The Balaban J connectivity index is 0.987. The Morgan fingerprint density at radius 2 is 1.66 bits per heavy atom. The van der Waals surface area contributed by atoms with Crippen LogP contribution in [0.4, 0.5) is 22.0 Å². The van der Waals surface area contributed by atoms with Crippen LogP contribution >= 0.6 is 0 Å². The van der Waals surface area contributed by atoms with Gasteiger partial charge in [0, 0.05) is 19.2 Å². The third kappa shape index (κ3) is 2.56. The van der Waals surface area contributed by atoms with Crippen molar-refractivity contribution in [3.05, 3.63) is 64.6 Å². The molecule has 6 saturated carbocycles. The van der Waals surface area contributed by atoms with Crippen molar-refractivity contribution in [3.8, 4) is 0 Å². The quantitative estimate of drug-likeness (QED) is 0.332. The van der Waals surface area contributed by atoms with Crippen molar-refractivity contribution in [1.29, 1.82) is 0 Å². The first-order chi connectivity index (χ1) is 19.5. The predicted octanol–water partition coefficient (Wildman–Crippen LogP) is 2.60. The topological polar surface area (TPSA) is 115 Å².